The summed E-state index contributed by atoms with van der Waals surface area (Å²) in [4.78, 5) is 16.2. The number of carbonyl (C=O) groups is 1. The van der Waals surface area contributed by atoms with Crippen molar-refractivity contribution in [3.63, 3.8) is 0 Å². The lowest BCUT2D eigenvalue weighted by atomic mass is 9.81. The molecule has 0 saturated carbocycles. The Labute approximate surface area is 117 Å². The van der Waals surface area contributed by atoms with Crippen LogP contribution in [0, 0.1) is 6.92 Å². The van der Waals surface area contributed by atoms with Gasteiger partial charge in [-0.15, -0.1) is 0 Å². The van der Waals surface area contributed by atoms with E-state index in [4.69, 9.17) is 14.2 Å². The maximum absolute atomic E-state index is 11.8. The highest BCUT2D eigenvalue weighted by atomic mass is 16.7. The van der Waals surface area contributed by atoms with Crippen molar-refractivity contribution < 1.29 is 19.0 Å². The number of ketones is 1. The standard InChI is InChI=1S/C15H17NO4/c1-10-12(3-4-14(16-10)18-2)13-9-11(17)5-6-15(13)19-7-8-20-15/h3-6,13H,7-9H2,1-2H3. The van der Waals surface area contributed by atoms with E-state index in [1.54, 1.807) is 25.3 Å². The normalized spacial score (nSPS) is 24.3. The summed E-state index contributed by atoms with van der Waals surface area (Å²) in [5.41, 5.74) is 1.79. The summed E-state index contributed by atoms with van der Waals surface area (Å²) in [6.45, 7) is 2.98. The number of aryl methyl sites for hydroxylation is 1. The Morgan fingerprint density at radius 1 is 1.35 bits per heavy atom. The molecule has 1 atom stereocenters. The maximum atomic E-state index is 11.8. The largest absolute Gasteiger partial charge is 0.481 e. The van der Waals surface area contributed by atoms with Gasteiger partial charge in [0.2, 0.25) is 5.88 Å². The first-order valence-electron chi connectivity index (χ1n) is 6.66. The van der Waals surface area contributed by atoms with Crippen LogP contribution in [0.4, 0.5) is 0 Å². The van der Waals surface area contributed by atoms with Gasteiger partial charge >= 0.3 is 0 Å². The number of hydrogen-bond acceptors (Lipinski definition) is 5. The van der Waals surface area contributed by atoms with Crippen molar-refractivity contribution >= 4 is 5.78 Å². The lowest BCUT2D eigenvalue weighted by Gasteiger charge is -2.35. The van der Waals surface area contributed by atoms with Crippen molar-refractivity contribution in [2.75, 3.05) is 20.3 Å². The second-order valence-electron chi connectivity index (χ2n) is 5.00. The topological polar surface area (TPSA) is 57.7 Å². The number of carbonyl (C=O) groups excluding carboxylic acids is 1. The number of allylic oxidation sites excluding steroid dienone is 1. The van der Waals surface area contributed by atoms with Crippen molar-refractivity contribution in [1.82, 2.24) is 4.98 Å². The zero-order valence-corrected chi connectivity index (χ0v) is 11.6. The Kier molecular flexibility index (Phi) is 3.31. The summed E-state index contributed by atoms with van der Waals surface area (Å²) < 4.78 is 16.7. The third-order valence-corrected chi connectivity index (χ3v) is 3.82. The smallest absolute Gasteiger partial charge is 0.213 e. The summed E-state index contributed by atoms with van der Waals surface area (Å²) in [5.74, 6) is -0.350. The van der Waals surface area contributed by atoms with E-state index in [-0.39, 0.29) is 11.7 Å². The monoisotopic (exact) mass is 275 g/mol. The van der Waals surface area contributed by atoms with Gasteiger partial charge in [0.1, 0.15) is 0 Å². The number of nitrogens with zero attached hydrogens (tertiary/aromatic N) is 1. The zero-order chi connectivity index (χ0) is 14.2. The molecule has 0 N–H and O–H groups in total. The molecule has 106 valence electrons. The number of hydrogen-bond donors (Lipinski definition) is 0. The predicted molar refractivity (Wildman–Crippen MR) is 71.7 cm³/mol. The summed E-state index contributed by atoms with van der Waals surface area (Å²) in [5, 5.41) is 0. The number of aromatic nitrogens is 1. The fraction of sp³-hybridized carbons (Fsp3) is 0.467. The molecule has 3 rings (SSSR count). The molecule has 0 bridgehead atoms. The summed E-state index contributed by atoms with van der Waals surface area (Å²) in [7, 11) is 1.58. The quantitative estimate of drug-likeness (QED) is 0.823. The molecular weight excluding hydrogens is 258 g/mol. The molecule has 2 aliphatic rings. The van der Waals surface area contributed by atoms with E-state index in [1.165, 1.54) is 0 Å². The molecule has 2 heterocycles. The molecule has 1 aliphatic carbocycles. The summed E-state index contributed by atoms with van der Waals surface area (Å²) in [6.07, 6.45) is 3.65. The molecule has 5 nitrogen and oxygen atoms in total. The number of pyridine rings is 1. The van der Waals surface area contributed by atoms with Crippen LogP contribution in [0.3, 0.4) is 0 Å². The second kappa shape index (κ2) is 5.00. The first kappa shape index (κ1) is 13.3. The van der Waals surface area contributed by atoms with Crippen LogP contribution in [0.15, 0.2) is 24.3 Å². The number of rotatable bonds is 2. The lowest BCUT2D eigenvalue weighted by molar-refractivity contribution is -0.147. The van der Waals surface area contributed by atoms with Crippen molar-refractivity contribution in [2.24, 2.45) is 0 Å². The van der Waals surface area contributed by atoms with Crippen molar-refractivity contribution in [3.05, 3.63) is 35.5 Å². The Bertz CT molecular complexity index is 561. The molecule has 1 aromatic rings. The van der Waals surface area contributed by atoms with Crippen molar-refractivity contribution in [3.8, 4) is 5.88 Å². The van der Waals surface area contributed by atoms with Gasteiger partial charge in [0.15, 0.2) is 11.6 Å². The van der Waals surface area contributed by atoms with Gasteiger partial charge in [0.25, 0.3) is 0 Å². The SMILES string of the molecule is COc1ccc(C2CC(=O)C=CC23OCCO3)c(C)n1. The minimum Gasteiger partial charge on any atom is -0.481 e. The fourth-order valence-corrected chi connectivity index (χ4v) is 2.84. The van der Waals surface area contributed by atoms with Gasteiger partial charge in [-0.3, -0.25) is 4.79 Å². The van der Waals surface area contributed by atoms with E-state index >= 15 is 0 Å². The lowest BCUT2D eigenvalue weighted by Crippen LogP contribution is -2.39. The summed E-state index contributed by atoms with van der Waals surface area (Å²) >= 11 is 0. The average Bonchev–Trinajstić information content (AvgIpc) is 2.91. The van der Waals surface area contributed by atoms with Crippen LogP contribution in [0.25, 0.3) is 0 Å². The number of methoxy groups -OCH3 is 1. The highest BCUT2D eigenvalue weighted by molar-refractivity contribution is 5.91. The first-order valence-corrected chi connectivity index (χ1v) is 6.66. The molecule has 1 fully saturated rings. The molecule has 0 aromatic carbocycles. The first-order chi connectivity index (χ1) is 9.64. The van der Waals surface area contributed by atoms with Crippen LogP contribution in [-0.4, -0.2) is 36.9 Å². The maximum Gasteiger partial charge on any atom is 0.213 e. The minimum atomic E-state index is -0.824. The van der Waals surface area contributed by atoms with Gasteiger partial charge in [-0.1, -0.05) is 6.07 Å². The number of ether oxygens (including phenoxy) is 3. The molecule has 0 radical (unpaired) electrons. The fourth-order valence-electron chi connectivity index (χ4n) is 2.84. The van der Waals surface area contributed by atoms with Gasteiger partial charge in [-0.2, -0.15) is 0 Å². The second-order valence-corrected chi connectivity index (χ2v) is 5.00. The van der Waals surface area contributed by atoms with E-state index in [9.17, 15) is 4.79 Å². The highest BCUT2D eigenvalue weighted by Crippen LogP contribution is 2.43. The average molecular weight is 275 g/mol. The van der Waals surface area contributed by atoms with Crippen molar-refractivity contribution in [1.29, 1.82) is 0 Å². The van der Waals surface area contributed by atoms with Gasteiger partial charge < -0.3 is 14.2 Å². The summed E-state index contributed by atoms with van der Waals surface area (Å²) in [6, 6.07) is 3.73. The third kappa shape index (κ3) is 2.13. The minimum absolute atomic E-state index is 0.0787. The van der Waals surface area contributed by atoms with Crippen LogP contribution < -0.4 is 4.74 Å². The van der Waals surface area contributed by atoms with Gasteiger partial charge in [-0.05, 0) is 24.6 Å². The van der Waals surface area contributed by atoms with Gasteiger partial charge in [-0.25, -0.2) is 4.98 Å². The Morgan fingerprint density at radius 3 is 2.75 bits per heavy atom. The van der Waals surface area contributed by atoms with Gasteiger partial charge in [0, 0.05) is 18.2 Å². The van der Waals surface area contributed by atoms with E-state index in [0.717, 1.165) is 11.3 Å². The third-order valence-electron chi connectivity index (χ3n) is 3.82. The Balaban J connectivity index is 2.02. The molecular formula is C15H17NO4. The molecule has 5 heteroatoms. The van der Waals surface area contributed by atoms with Crippen molar-refractivity contribution in [2.45, 2.75) is 25.0 Å². The van der Waals surface area contributed by atoms with E-state index in [1.807, 2.05) is 13.0 Å². The van der Waals surface area contributed by atoms with E-state index in [0.29, 0.717) is 25.5 Å². The Hall–Kier alpha value is -1.72. The molecule has 1 spiro atoms. The molecule has 1 aromatic heterocycles. The van der Waals surface area contributed by atoms with Crippen LogP contribution in [0.1, 0.15) is 23.6 Å². The van der Waals surface area contributed by atoms with Crippen LogP contribution in [0.5, 0.6) is 5.88 Å². The van der Waals surface area contributed by atoms with Crippen LogP contribution >= 0.6 is 0 Å². The van der Waals surface area contributed by atoms with Crippen LogP contribution in [0.2, 0.25) is 0 Å². The molecule has 1 aliphatic heterocycles. The molecule has 20 heavy (non-hydrogen) atoms. The van der Waals surface area contributed by atoms with Crippen LogP contribution in [-0.2, 0) is 14.3 Å². The van der Waals surface area contributed by atoms with E-state index < -0.39 is 5.79 Å². The molecule has 1 saturated heterocycles. The zero-order valence-electron chi connectivity index (χ0n) is 11.6. The predicted octanol–water partition coefficient (Wildman–Crippen LogP) is 1.75. The Morgan fingerprint density at radius 2 is 2.10 bits per heavy atom. The van der Waals surface area contributed by atoms with Gasteiger partial charge in [0.05, 0.1) is 26.2 Å². The molecule has 1 unspecified atom stereocenters. The molecule has 0 amide bonds. The highest BCUT2D eigenvalue weighted by Gasteiger charge is 2.46. The van der Waals surface area contributed by atoms with E-state index in [2.05, 4.69) is 4.98 Å².